The lowest BCUT2D eigenvalue weighted by molar-refractivity contribution is 0.353. The van der Waals surface area contributed by atoms with Crippen molar-refractivity contribution in [1.82, 2.24) is 5.01 Å². The Balaban J connectivity index is 2.37. The molecule has 0 aromatic heterocycles. The first-order chi connectivity index (χ1) is 9.77. The van der Waals surface area contributed by atoms with Gasteiger partial charge >= 0.3 is 0 Å². The zero-order valence-corrected chi connectivity index (χ0v) is 13.1. The minimum absolute atomic E-state index is 0.438. The monoisotopic (exact) mass is 272 g/mol. The average molecular weight is 272 g/mol. The zero-order valence-electron chi connectivity index (χ0n) is 13.1. The highest BCUT2D eigenvalue weighted by Crippen LogP contribution is 2.14. The number of rotatable bonds is 8. The van der Waals surface area contributed by atoms with Gasteiger partial charge in [0, 0.05) is 24.6 Å². The fourth-order valence-corrected chi connectivity index (χ4v) is 2.04. The molecule has 0 saturated carbocycles. The standard InChI is InChI=1S/C18H28N2/c1-4-6-8-10-12-15-20-16-14-18(19-20)17(3)13-11-9-7-5-2/h4,6-7,9-13,17H,5,8,14-16H2,1-3H3/b6-4-,9-7-,12-10-,13-11-. The molecule has 0 aromatic rings. The summed E-state index contributed by atoms with van der Waals surface area (Å²) in [5.41, 5.74) is 1.30. The topological polar surface area (TPSA) is 15.6 Å². The van der Waals surface area contributed by atoms with Crippen molar-refractivity contribution < 1.29 is 0 Å². The summed E-state index contributed by atoms with van der Waals surface area (Å²) in [6.45, 7) is 8.39. The molecule has 1 heterocycles. The summed E-state index contributed by atoms with van der Waals surface area (Å²) in [4.78, 5) is 0. The van der Waals surface area contributed by atoms with Crippen LogP contribution >= 0.6 is 0 Å². The van der Waals surface area contributed by atoms with Crippen LogP contribution in [0.5, 0.6) is 0 Å². The van der Waals surface area contributed by atoms with Crippen LogP contribution in [0.4, 0.5) is 0 Å². The maximum Gasteiger partial charge on any atom is 0.0541 e. The van der Waals surface area contributed by atoms with Crippen LogP contribution in [0.2, 0.25) is 0 Å². The van der Waals surface area contributed by atoms with E-state index in [0.29, 0.717) is 5.92 Å². The molecule has 0 bridgehead atoms. The van der Waals surface area contributed by atoms with Crippen molar-refractivity contribution in [2.24, 2.45) is 11.0 Å². The molecular formula is C18H28N2. The van der Waals surface area contributed by atoms with Crippen LogP contribution in [0.15, 0.2) is 53.7 Å². The largest absolute Gasteiger partial charge is 0.293 e. The highest BCUT2D eigenvalue weighted by Gasteiger charge is 2.16. The van der Waals surface area contributed by atoms with E-state index in [4.69, 9.17) is 5.10 Å². The van der Waals surface area contributed by atoms with E-state index >= 15 is 0 Å². The van der Waals surface area contributed by atoms with Gasteiger partial charge in [0.05, 0.1) is 6.54 Å². The van der Waals surface area contributed by atoms with E-state index in [1.807, 2.05) is 0 Å². The first kappa shape index (κ1) is 16.5. The lowest BCUT2D eigenvalue weighted by Crippen LogP contribution is -2.13. The van der Waals surface area contributed by atoms with E-state index < -0.39 is 0 Å². The number of hydrogen-bond acceptors (Lipinski definition) is 2. The average Bonchev–Trinajstić information content (AvgIpc) is 2.92. The van der Waals surface area contributed by atoms with Gasteiger partial charge < -0.3 is 0 Å². The minimum atomic E-state index is 0.438. The minimum Gasteiger partial charge on any atom is -0.293 e. The van der Waals surface area contributed by atoms with Crippen LogP contribution < -0.4 is 0 Å². The smallest absolute Gasteiger partial charge is 0.0541 e. The Bertz CT molecular complexity index is 400. The molecule has 0 fully saturated rings. The molecule has 1 aliphatic rings. The predicted octanol–water partition coefficient (Wildman–Crippen LogP) is 4.73. The molecule has 20 heavy (non-hydrogen) atoms. The van der Waals surface area contributed by atoms with E-state index in [-0.39, 0.29) is 0 Å². The fraction of sp³-hybridized carbons (Fsp3) is 0.500. The van der Waals surface area contributed by atoms with Crippen molar-refractivity contribution in [3.63, 3.8) is 0 Å². The lowest BCUT2D eigenvalue weighted by atomic mass is 10.0. The van der Waals surface area contributed by atoms with Gasteiger partial charge in [0.15, 0.2) is 0 Å². The van der Waals surface area contributed by atoms with Gasteiger partial charge in [0.1, 0.15) is 0 Å². The third-order valence-corrected chi connectivity index (χ3v) is 3.29. The Labute approximate surface area is 124 Å². The Hall–Kier alpha value is -1.57. The van der Waals surface area contributed by atoms with Crippen LogP contribution in [-0.2, 0) is 0 Å². The van der Waals surface area contributed by atoms with E-state index in [0.717, 1.165) is 32.4 Å². The van der Waals surface area contributed by atoms with Crippen LogP contribution in [0.25, 0.3) is 0 Å². The van der Waals surface area contributed by atoms with E-state index in [2.05, 4.69) is 74.4 Å². The van der Waals surface area contributed by atoms with Gasteiger partial charge in [-0.15, -0.1) is 0 Å². The molecule has 1 atom stereocenters. The van der Waals surface area contributed by atoms with Crippen LogP contribution in [0.3, 0.4) is 0 Å². The summed E-state index contributed by atoms with van der Waals surface area (Å²) in [5, 5.41) is 6.87. The van der Waals surface area contributed by atoms with Crippen LogP contribution in [0.1, 0.15) is 40.0 Å². The van der Waals surface area contributed by atoms with Gasteiger partial charge in [0.2, 0.25) is 0 Å². The highest BCUT2D eigenvalue weighted by molar-refractivity contribution is 5.89. The van der Waals surface area contributed by atoms with E-state index in [1.54, 1.807) is 0 Å². The predicted molar refractivity (Wildman–Crippen MR) is 89.9 cm³/mol. The Morgan fingerprint density at radius 2 is 2.05 bits per heavy atom. The Kier molecular flexibility index (Phi) is 8.44. The number of hydrazone groups is 1. The third kappa shape index (κ3) is 6.55. The quantitative estimate of drug-likeness (QED) is 0.461. The summed E-state index contributed by atoms with van der Waals surface area (Å²) in [6, 6.07) is 0. The molecule has 0 amide bonds. The molecular weight excluding hydrogens is 244 g/mol. The van der Waals surface area contributed by atoms with Gasteiger partial charge in [0.25, 0.3) is 0 Å². The highest BCUT2D eigenvalue weighted by atomic mass is 15.5. The molecule has 110 valence electrons. The van der Waals surface area contributed by atoms with Gasteiger partial charge in [-0.2, -0.15) is 5.10 Å². The summed E-state index contributed by atoms with van der Waals surface area (Å²) in [5.74, 6) is 0.438. The molecule has 2 heteroatoms. The van der Waals surface area contributed by atoms with Gasteiger partial charge in [-0.05, 0) is 19.8 Å². The molecule has 0 saturated heterocycles. The molecule has 0 aliphatic carbocycles. The summed E-state index contributed by atoms with van der Waals surface area (Å²) < 4.78 is 0. The third-order valence-electron chi connectivity index (χ3n) is 3.29. The summed E-state index contributed by atoms with van der Waals surface area (Å²) in [7, 11) is 0. The summed E-state index contributed by atoms with van der Waals surface area (Å²) in [6.07, 6.45) is 20.5. The van der Waals surface area contributed by atoms with Crippen molar-refractivity contribution in [3.05, 3.63) is 48.6 Å². The SMILES string of the molecule is C/C=C\C/C=C\CN1CCC(C(C)/C=C\C=C/CC)=N1. The Morgan fingerprint density at radius 3 is 2.80 bits per heavy atom. The molecule has 1 unspecified atom stereocenters. The fourth-order valence-electron chi connectivity index (χ4n) is 2.04. The Morgan fingerprint density at radius 1 is 1.20 bits per heavy atom. The normalized spacial score (nSPS) is 18.1. The maximum absolute atomic E-state index is 4.71. The zero-order chi connectivity index (χ0) is 14.6. The second kappa shape index (κ2) is 10.2. The van der Waals surface area contributed by atoms with Crippen molar-refractivity contribution >= 4 is 5.71 Å². The van der Waals surface area contributed by atoms with Crippen LogP contribution in [0, 0.1) is 5.92 Å². The molecule has 1 aliphatic heterocycles. The molecule has 1 rings (SSSR count). The molecule has 0 radical (unpaired) electrons. The summed E-state index contributed by atoms with van der Waals surface area (Å²) >= 11 is 0. The molecule has 2 nitrogen and oxygen atoms in total. The van der Waals surface area contributed by atoms with Crippen molar-refractivity contribution in [3.8, 4) is 0 Å². The molecule has 0 N–H and O–H groups in total. The van der Waals surface area contributed by atoms with E-state index in [1.165, 1.54) is 5.71 Å². The second-order valence-corrected chi connectivity index (χ2v) is 5.04. The number of hydrogen-bond donors (Lipinski definition) is 0. The maximum atomic E-state index is 4.71. The molecule has 0 aromatic carbocycles. The van der Waals surface area contributed by atoms with E-state index in [9.17, 15) is 0 Å². The van der Waals surface area contributed by atoms with Crippen molar-refractivity contribution in [1.29, 1.82) is 0 Å². The lowest BCUT2D eigenvalue weighted by Gasteiger charge is -2.09. The van der Waals surface area contributed by atoms with Crippen molar-refractivity contribution in [2.75, 3.05) is 13.1 Å². The first-order valence-corrected chi connectivity index (χ1v) is 7.69. The number of nitrogens with zero attached hydrogens (tertiary/aromatic N) is 2. The van der Waals surface area contributed by atoms with Crippen molar-refractivity contribution in [2.45, 2.75) is 40.0 Å². The molecule has 0 spiro atoms. The second-order valence-electron chi connectivity index (χ2n) is 5.04. The van der Waals surface area contributed by atoms with Gasteiger partial charge in [-0.3, -0.25) is 5.01 Å². The first-order valence-electron chi connectivity index (χ1n) is 7.69. The number of allylic oxidation sites excluding steroid dienone is 7. The van der Waals surface area contributed by atoms with Crippen LogP contribution in [-0.4, -0.2) is 23.8 Å². The van der Waals surface area contributed by atoms with Gasteiger partial charge in [-0.25, -0.2) is 0 Å². The van der Waals surface area contributed by atoms with Gasteiger partial charge in [-0.1, -0.05) is 62.5 Å².